The lowest BCUT2D eigenvalue weighted by atomic mass is 10.0. The van der Waals surface area contributed by atoms with Gasteiger partial charge in [0.05, 0.1) is 0 Å². The molecule has 0 bridgehead atoms. The molecule has 0 atom stereocenters. The van der Waals surface area contributed by atoms with Crippen LogP contribution in [0.4, 0.5) is 0 Å². The van der Waals surface area contributed by atoms with E-state index in [4.69, 9.17) is 1.37 Å². The van der Waals surface area contributed by atoms with Crippen LogP contribution in [0.5, 0.6) is 0 Å². The first-order chi connectivity index (χ1) is 7.81. The quantitative estimate of drug-likeness (QED) is 0.675. The molecule has 0 radical (unpaired) electrons. The minimum atomic E-state index is 0.0101. The van der Waals surface area contributed by atoms with E-state index >= 15 is 0 Å². The molecule has 0 heterocycles. The van der Waals surface area contributed by atoms with Gasteiger partial charge in [-0.15, -0.1) is 0 Å². The van der Waals surface area contributed by atoms with Crippen LogP contribution in [0, 0.1) is 6.90 Å². The van der Waals surface area contributed by atoms with Crippen molar-refractivity contribution in [3.8, 4) is 0 Å². The van der Waals surface area contributed by atoms with Gasteiger partial charge in [-0.25, -0.2) is 0 Å². The smallest absolute Gasteiger partial charge is 0.193 e. The largest absolute Gasteiger partial charge is 0.289 e. The summed E-state index contributed by atoms with van der Waals surface area (Å²) in [5.41, 5.74) is 2.20. The highest BCUT2D eigenvalue weighted by Crippen LogP contribution is 2.10. The number of benzene rings is 2. The van der Waals surface area contributed by atoms with Gasteiger partial charge in [0.2, 0.25) is 0 Å². The fourth-order valence-electron chi connectivity index (χ4n) is 1.47. The monoisotopic (exact) mass is 197 g/mol. The summed E-state index contributed by atoms with van der Waals surface area (Å²) in [4.78, 5) is 12.1. The molecule has 0 spiro atoms. The Bertz CT molecular complexity index is 491. The van der Waals surface area contributed by atoms with Gasteiger partial charge in [0, 0.05) is 12.5 Å². The first-order valence-electron chi connectivity index (χ1n) is 5.50. The van der Waals surface area contributed by atoms with Crippen molar-refractivity contribution >= 4 is 5.78 Å². The highest BCUT2D eigenvalue weighted by Gasteiger charge is 2.07. The molecular weight excluding hydrogens is 184 g/mol. The van der Waals surface area contributed by atoms with E-state index < -0.39 is 0 Å². The van der Waals surface area contributed by atoms with Gasteiger partial charge in [-0.05, 0) is 13.0 Å². The zero-order valence-corrected chi connectivity index (χ0v) is 8.31. The maximum Gasteiger partial charge on any atom is 0.193 e. The van der Waals surface area contributed by atoms with Crippen LogP contribution >= 0.6 is 0 Å². The number of carbonyl (C=O) groups excluding carboxylic acids is 1. The van der Waals surface area contributed by atoms with Crippen molar-refractivity contribution in [3.05, 3.63) is 71.3 Å². The molecular formula is C14H12O. The predicted molar refractivity (Wildman–Crippen MR) is 61.1 cm³/mol. The third kappa shape index (κ3) is 2.13. The lowest BCUT2D eigenvalue weighted by molar-refractivity contribution is 0.103. The van der Waals surface area contributed by atoms with Gasteiger partial charge in [-0.3, -0.25) is 4.79 Å². The van der Waals surface area contributed by atoms with Crippen LogP contribution in [0.25, 0.3) is 0 Å². The van der Waals surface area contributed by atoms with Crippen molar-refractivity contribution in [2.45, 2.75) is 6.90 Å². The van der Waals surface area contributed by atoms with Gasteiger partial charge < -0.3 is 0 Å². The number of aryl methyl sites for hydroxylation is 1. The van der Waals surface area contributed by atoms with Crippen LogP contribution in [-0.2, 0) is 0 Å². The molecule has 74 valence electrons. The van der Waals surface area contributed by atoms with E-state index in [1.807, 2.05) is 30.3 Å². The molecule has 0 amide bonds. The van der Waals surface area contributed by atoms with Crippen LogP contribution in [0.15, 0.2) is 54.6 Å². The Kier molecular flexibility index (Phi) is 2.30. The molecule has 0 aliphatic heterocycles. The Morgan fingerprint density at radius 2 is 1.73 bits per heavy atom. The molecule has 15 heavy (non-hydrogen) atoms. The van der Waals surface area contributed by atoms with E-state index in [1.165, 1.54) is 0 Å². The minimum Gasteiger partial charge on any atom is -0.289 e. The van der Waals surface area contributed by atoms with Crippen molar-refractivity contribution in [1.82, 2.24) is 0 Å². The molecule has 2 aromatic rings. The minimum absolute atomic E-state index is 0.0101. The summed E-state index contributed by atoms with van der Waals surface area (Å²) in [6.07, 6.45) is 0. The maximum absolute atomic E-state index is 12.1. The van der Waals surface area contributed by atoms with Crippen LogP contribution in [-0.4, -0.2) is 5.78 Å². The zero-order chi connectivity index (χ0) is 11.4. The van der Waals surface area contributed by atoms with Crippen molar-refractivity contribution in [2.75, 3.05) is 0 Å². The molecule has 2 rings (SSSR count). The normalized spacial score (nSPS) is 10.8. The molecule has 0 aromatic heterocycles. The summed E-state index contributed by atoms with van der Waals surface area (Å²) in [5.74, 6) is 0.0101. The fourth-order valence-corrected chi connectivity index (χ4v) is 1.47. The van der Waals surface area contributed by atoms with Gasteiger partial charge in [0.15, 0.2) is 5.78 Å². The highest BCUT2D eigenvalue weighted by atomic mass is 16.1. The summed E-state index contributed by atoms with van der Waals surface area (Å²) in [6.45, 7) is 0.204. The first kappa shape index (κ1) is 8.42. The molecule has 0 saturated heterocycles. The molecule has 1 heteroatoms. The average molecular weight is 197 g/mol. The highest BCUT2D eigenvalue weighted by molar-refractivity contribution is 6.09. The number of carbonyl (C=O) groups is 1. The van der Waals surface area contributed by atoms with E-state index in [9.17, 15) is 4.79 Å². The van der Waals surface area contributed by atoms with Crippen molar-refractivity contribution in [2.24, 2.45) is 0 Å². The Morgan fingerprint density at radius 1 is 1.00 bits per heavy atom. The summed E-state index contributed by atoms with van der Waals surface area (Å²) in [5, 5.41) is 0. The number of hydrogen-bond acceptors (Lipinski definition) is 1. The average Bonchev–Trinajstić information content (AvgIpc) is 2.39. The van der Waals surface area contributed by atoms with Gasteiger partial charge >= 0.3 is 0 Å². The van der Waals surface area contributed by atoms with Crippen LogP contribution in [0.3, 0.4) is 0 Å². The topological polar surface area (TPSA) is 17.1 Å². The van der Waals surface area contributed by atoms with Gasteiger partial charge in [-0.1, -0.05) is 54.1 Å². The molecule has 0 saturated carbocycles. The Hall–Kier alpha value is -1.89. The predicted octanol–water partition coefficient (Wildman–Crippen LogP) is 3.23. The van der Waals surface area contributed by atoms with Crippen LogP contribution < -0.4 is 0 Å². The SMILES string of the molecule is [2H]Cc1cccc(C(=O)c2ccccc2)c1. The van der Waals surface area contributed by atoms with Crippen LogP contribution in [0.2, 0.25) is 0 Å². The van der Waals surface area contributed by atoms with Gasteiger partial charge in [-0.2, -0.15) is 0 Å². The fraction of sp³-hybridized carbons (Fsp3) is 0.0714. The van der Waals surface area contributed by atoms with Gasteiger partial charge in [0.1, 0.15) is 0 Å². The second-order valence-corrected chi connectivity index (χ2v) is 3.40. The van der Waals surface area contributed by atoms with Gasteiger partial charge in [0.25, 0.3) is 0 Å². The van der Waals surface area contributed by atoms with E-state index in [1.54, 1.807) is 24.3 Å². The van der Waals surface area contributed by atoms with E-state index in [0.29, 0.717) is 11.1 Å². The lowest BCUT2D eigenvalue weighted by Gasteiger charge is -2.01. The Morgan fingerprint density at radius 3 is 2.47 bits per heavy atom. The van der Waals surface area contributed by atoms with Crippen LogP contribution in [0.1, 0.15) is 22.9 Å². The molecule has 0 aliphatic rings. The molecule has 2 aromatic carbocycles. The molecule has 0 N–H and O–H groups in total. The summed E-state index contributed by atoms with van der Waals surface area (Å²) in [6, 6.07) is 16.4. The Labute approximate surface area is 90.8 Å². The Balaban J connectivity index is 2.34. The van der Waals surface area contributed by atoms with Crippen molar-refractivity contribution < 1.29 is 6.17 Å². The summed E-state index contributed by atoms with van der Waals surface area (Å²) >= 11 is 0. The lowest BCUT2D eigenvalue weighted by Crippen LogP contribution is -2.00. The third-order valence-electron chi connectivity index (χ3n) is 2.23. The molecule has 0 fully saturated rings. The summed E-state index contributed by atoms with van der Waals surface area (Å²) in [7, 11) is 0. The third-order valence-corrected chi connectivity index (χ3v) is 2.23. The molecule has 1 nitrogen and oxygen atoms in total. The second-order valence-electron chi connectivity index (χ2n) is 3.40. The number of ketones is 1. The summed E-state index contributed by atoms with van der Waals surface area (Å²) < 4.78 is 7.27. The molecule has 0 aliphatic carbocycles. The first-order valence-corrected chi connectivity index (χ1v) is 4.79. The van der Waals surface area contributed by atoms with Crippen molar-refractivity contribution in [1.29, 1.82) is 0 Å². The van der Waals surface area contributed by atoms with Crippen molar-refractivity contribution in [3.63, 3.8) is 0 Å². The standard InChI is InChI=1S/C14H12O/c1-11-6-5-9-13(10-11)14(15)12-7-3-2-4-8-12/h2-10H,1H3/i1D. The molecule has 0 unspecified atom stereocenters. The zero-order valence-electron chi connectivity index (χ0n) is 9.31. The van der Waals surface area contributed by atoms with E-state index in [0.717, 1.165) is 5.56 Å². The van der Waals surface area contributed by atoms with E-state index in [-0.39, 0.29) is 12.7 Å². The van der Waals surface area contributed by atoms with E-state index in [2.05, 4.69) is 0 Å². The number of rotatable bonds is 2. The second kappa shape index (κ2) is 4.09. The maximum atomic E-state index is 12.1. The number of hydrogen-bond donors (Lipinski definition) is 0.